The molecule has 0 atom stereocenters. The van der Waals surface area contributed by atoms with Crippen molar-refractivity contribution in [2.24, 2.45) is 0 Å². The molecule has 0 aliphatic heterocycles. The van der Waals surface area contributed by atoms with E-state index in [4.69, 9.17) is 5.73 Å². The van der Waals surface area contributed by atoms with Gasteiger partial charge in [-0.25, -0.2) is 0 Å². The lowest BCUT2D eigenvalue weighted by Gasteiger charge is -2.18. The number of anilines is 1. The standard InChI is InChI=1S/C16H19N3O/c1-12-3-4-14(17)11-15(12)16(20)19(2)10-7-13-5-8-18-9-6-13/h3-6,8-9,11H,7,10,17H2,1-2H3. The maximum Gasteiger partial charge on any atom is 0.253 e. The molecule has 0 saturated carbocycles. The van der Waals surface area contributed by atoms with Crippen LogP contribution >= 0.6 is 0 Å². The molecule has 0 spiro atoms. The molecule has 1 aromatic heterocycles. The molecule has 2 aromatic rings. The number of hydrogen-bond donors (Lipinski definition) is 1. The van der Waals surface area contributed by atoms with Gasteiger partial charge in [0, 0.05) is 37.2 Å². The van der Waals surface area contributed by atoms with Crippen molar-refractivity contribution in [1.82, 2.24) is 9.88 Å². The number of aromatic nitrogens is 1. The molecule has 1 amide bonds. The van der Waals surface area contributed by atoms with E-state index in [0.717, 1.165) is 12.0 Å². The van der Waals surface area contributed by atoms with Gasteiger partial charge in [0.05, 0.1) is 0 Å². The van der Waals surface area contributed by atoms with Crippen molar-refractivity contribution in [3.8, 4) is 0 Å². The predicted octanol–water partition coefficient (Wildman–Crippen LogP) is 2.29. The van der Waals surface area contributed by atoms with Crippen molar-refractivity contribution in [3.05, 3.63) is 59.4 Å². The first-order valence-corrected chi connectivity index (χ1v) is 6.58. The molecule has 0 bridgehead atoms. The molecule has 2 rings (SSSR count). The highest BCUT2D eigenvalue weighted by Gasteiger charge is 2.14. The lowest BCUT2D eigenvalue weighted by Crippen LogP contribution is -2.29. The van der Waals surface area contributed by atoms with Crippen LogP contribution in [0.2, 0.25) is 0 Å². The van der Waals surface area contributed by atoms with Gasteiger partial charge in [-0.3, -0.25) is 9.78 Å². The van der Waals surface area contributed by atoms with Gasteiger partial charge in [-0.2, -0.15) is 0 Å². The summed E-state index contributed by atoms with van der Waals surface area (Å²) in [5.41, 5.74) is 9.15. The van der Waals surface area contributed by atoms with Crippen molar-refractivity contribution < 1.29 is 4.79 Å². The van der Waals surface area contributed by atoms with E-state index >= 15 is 0 Å². The first-order valence-electron chi connectivity index (χ1n) is 6.58. The predicted molar refractivity (Wildman–Crippen MR) is 80.5 cm³/mol. The molecule has 1 aromatic carbocycles. The highest BCUT2D eigenvalue weighted by Crippen LogP contribution is 2.14. The second-order valence-corrected chi connectivity index (χ2v) is 4.91. The Balaban J connectivity index is 2.03. The Hall–Kier alpha value is -2.36. The van der Waals surface area contributed by atoms with E-state index in [-0.39, 0.29) is 5.91 Å². The Morgan fingerprint density at radius 3 is 2.65 bits per heavy atom. The highest BCUT2D eigenvalue weighted by atomic mass is 16.2. The van der Waals surface area contributed by atoms with Crippen LogP contribution < -0.4 is 5.73 Å². The van der Waals surface area contributed by atoms with Gasteiger partial charge >= 0.3 is 0 Å². The van der Waals surface area contributed by atoms with Gasteiger partial charge < -0.3 is 10.6 Å². The first-order chi connectivity index (χ1) is 9.58. The van der Waals surface area contributed by atoms with Gasteiger partial charge in [0.2, 0.25) is 0 Å². The molecule has 0 saturated heterocycles. The summed E-state index contributed by atoms with van der Waals surface area (Å²) in [6.07, 6.45) is 4.34. The van der Waals surface area contributed by atoms with Gasteiger partial charge in [0.25, 0.3) is 5.91 Å². The second kappa shape index (κ2) is 6.19. The van der Waals surface area contributed by atoms with E-state index in [0.29, 0.717) is 17.8 Å². The number of amides is 1. The van der Waals surface area contributed by atoms with Crippen molar-refractivity contribution in [1.29, 1.82) is 0 Å². The van der Waals surface area contributed by atoms with E-state index in [9.17, 15) is 4.79 Å². The maximum absolute atomic E-state index is 12.4. The van der Waals surface area contributed by atoms with Crippen LogP contribution in [-0.2, 0) is 6.42 Å². The average Bonchev–Trinajstić information content (AvgIpc) is 2.47. The largest absolute Gasteiger partial charge is 0.399 e. The molecular formula is C16H19N3O. The quantitative estimate of drug-likeness (QED) is 0.866. The molecule has 0 aliphatic rings. The number of carbonyl (C=O) groups excluding carboxylic acids is 1. The second-order valence-electron chi connectivity index (χ2n) is 4.91. The Kier molecular flexibility index (Phi) is 4.35. The number of benzene rings is 1. The Labute approximate surface area is 119 Å². The fourth-order valence-corrected chi connectivity index (χ4v) is 2.02. The molecule has 20 heavy (non-hydrogen) atoms. The number of aryl methyl sites for hydroxylation is 1. The van der Waals surface area contributed by atoms with Crippen LogP contribution in [0.25, 0.3) is 0 Å². The Bertz CT molecular complexity index is 596. The molecule has 104 valence electrons. The van der Waals surface area contributed by atoms with Crippen molar-refractivity contribution >= 4 is 11.6 Å². The Morgan fingerprint density at radius 2 is 1.95 bits per heavy atom. The SMILES string of the molecule is Cc1ccc(N)cc1C(=O)N(C)CCc1ccncc1. The van der Waals surface area contributed by atoms with Crippen LogP contribution in [0.3, 0.4) is 0 Å². The fraction of sp³-hybridized carbons (Fsp3) is 0.250. The number of nitrogens with two attached hydrogens (primary N) is 1. The highest BCUT2D eigenvalue weighted by molar-refractivity contribution is 5.96. The normalized spacial score (nSPS) is 10.3. The topological polar surface area (TPSA) is 59.2 Å². The van der Waals surface area contributed by atoms with Crippen LogP contribution in [0, 0.1) is 6.92 Å². The van der Waals surface area contributed by atoms with Gasteiger partial charge in [0.1, 0.15) is 0 Å². The summed E-state index contributed by atoms with van der Waals surface area (Å²) in [4.78, 5) is 18.1. The van der Waals surface area contributed by atoms with Gasteiger partial charge in [-0.1, -0.05) is 6.07 Å². The monoisotopic (exact) mass is 269 g/mol. The number of pyridine rings is 1. The number of nitrogens with zero attached hydrogens (tertiary/aromatic N) is 2. The third-order valence-electron chi connectivity index (χ3n) is 3.32. The summed E-state index contributed by atoms with van der Waals surface area (Å²) in [7, 11) is 1.81. The maximum atomic E-state index is 12.4. The molecule has 0 unspecified atom stereocenters. The van der Waals surface area contributed by atoms with E-state index in [1.54, 1.807) is 23.4 Å². The zero-order valence-electron chi connectivity index (χ0n) is 11.8. The summed E-state index contributed by atoms with van der Waals surface area (Å²) in [5, 5.41) is 0. The summed E-state index contributed by atoms with van der Waals surface area (Å²) in [6, 6.07) is 9.34. The summed E-state index contributed by atoms with van der Waals surface area (Å²) in [5.74, 6) is 0.00357. The van der Waals surface area contributed by atoms with E-state index < -0.39 is 0 Å². The zero-order chi connectivity index (χ0) is 14.5. The fourth-order valence-electron chi connectivity index (χ4n) is 2.02. The minimum absolute atomic E-state index is 0.00357. The molecule has 0 radical (unpaired) electrons. The smallest absolute Gasteiger partial charge is 0.253 e. The van der Waals surface area contributed by atoms with E-state index in [2.05, 4.69) is 4.98 Å². The van der Waals surface area contributed by atoms with Crippen LogP contribution in [0.5, 0.6) is 0 Å². The number of carbonyl (C=O) groups is 1. The molecule has 0 fully saturated rings. The van der Waals surface area contributed by atoms with Gasteiger partial charge in [0.15, 0.2) is 0 Å². The van der Waals surface area contributed by atoms with Crippen molar-refractivity contribution in [3.63, 3.8) is 0 Å². The lowest BCUT2D eigenvalue weighted by molar-refractivity contribution is 0.0796. The third kappa shape index (κ3) is 3.35. The molecule has 4 nitrogen and oxygen atoms in total. The van der Waals surface area contributed by atoms with Crippen molar-refractivity contribution in [2.45, 2.75) is 13.3 Å². The summed E-state index contributed by atoms with van der Waals surface area (Å²) in [6.45, 7) is 2.58. The first kappa shape index (κ1) is 14.1. The summed E-state index contributed by atoms with van der Waals surface area (Å²) >= 11 is 0. The van der Waals surface area contributed by atoms with Crippen molar-refractivity contribution in [2.75, 3.05) is 19.3 Å². The van der Waals surface area contributed by atoms with Crippen LogP contribution in [0.15, 0.2) is 42.7 Å². The third-order valence-corrected chi connectivity index (χ3v) is 3.32. The van der Waals surface area contributed by atoms with Gasteiger partial charge in [-0.15, -0.1) is 0 Å². The minimum Gasteiger partial charge on any atom is -0.399 e. The number of likely N-dealkylation sites (N-methyl/N-ethyl adjacent to an activating group) is 1. The molecule has 1 heterocycles. The number of nitrogen functional groups attached to an aromatic ring is 1. The van der Waals surface area contributed by atoms with Gasteiger partial charge in [-0.05, 0) is 48.7 Å². The Morgan fingerprint density at radius 1 is 1.25 bits per heavy atom. The van der Waals surface area contributed by atoms with E-state index in [1.807, 2.05) is 38.2 Å². The molecule has 2 N–H and O–H groups in total. The van der Waals surface area contributed by atoms with E-state index in [1.165, 1.54) is 5.56 Å². The molecular weight excluding hydrogens is 250 g/mol. The number of rotatable bonds is 4. The summed E-state index contributed by atoms with van der Waals surface area (Å²) < 4.78 is 0. The van der Waals surface area contributed by atoms with Crippen LogP contribution in [-0.4, -0.2) is 29.4 Å². The lowest BCUT2D eigenvalue weighted by atomic mass is 10.1. The number of hydrogen-bond acceptors (Lipinski definition) is 3. The molecule has 0 aliphatic carbocycles. The van der Waals surface area contributed by atoms with Crippen LogP contribution in [0.4, 0.5) is 5.69 Å². The molecule has 4 heteroatoms. The zero-order valence-corrected chi connectivity index (χ0v) is 11.8. The van der Waals surface area contributed by atoms with Crippen LogP contribution in [0.1, 0.15) is 21.5 Å². The minimum atomic E-state index is 0.00357. The average molecular weight is 269 g/mol.